The van der Waals surface area contributed by atoms with Crippen molar-refractivity contribution in [3.8, 4) is 0 Å². The summed E-state index contributed by atoms with van der Waals surface area (Å²) in [6.45, 7) is 1.26. The molecule has 3 N–H and O–H groups in total. The lowest BCUT2D eigenvalue weighted by atomic mass is 10.1. The monoisotopic (exact) mass is 250 g/mol. The van der Waals surface area contributed by atoms with Crippen molar-refractivity contribution in [2.24, 2.45) is 0 Å². The molecule has 0 aliphatic heterocycles. The van der Waals surface area contributed by atoms with Gasteiger partial charge < -0.3 is 20.5 Å². The molecule has 0 radical (unpaired) electrons. The van der Waals surface area contributed by atoms with Crippen LogP contribution in [-0.2, 0) is 4.74 Å². The molecule has 1 aromatic carbocycles. The fourth-order valence-electron chi connectivity index (χ4n) is 2.04. The molecule has 1 saturated carbocycles. The second-order valence-electron chi connectivity index (χ2n) is 4.50. The zero-order valence-corrected chi connectivity index (χ0v) is 10.4. The fraction of sp³-hybridized carbons (Fsp3) is 0.462. The lowest BCUT2D eigenvalue weighted by Gasteiger charge is -2.26. The molecule has 5 heteroatoms. The third-order valence-corrected chi connectivity index (χ3v) is 3.09. The number of ether oxygens (including phenoxy) is 1. The van der Waals surface area contributed by atoms with Crippen LogP contribution in [0.4, 0.5) is 11.4 Å². The summed E-state index contributed by atoms with van der Waals surface area (Å²) in [5.41, 5.74) is 7.34. The molecule has 18 heavy (non-hydrogen) atoms. The summed E-state index contributed by atoms with van der Waals surface area (Å²) in [5, 5.41) is 9.23. The molecular weight excluding hydrogens is 232 g/mol. The van der Waals surface area contributed by atoms with E-state index in [2.05, 4.69) is 4.90 Å². The summed E-state index contributed by atoms with van der Waals surface area (Å²) in [5.74, 6) is -0.923. The summed E-state index contributed by atoms with van der Waals surface area (Å²) in [6.07, 6.45) is 2.19. The largest absolute Gasteiger partial charge is 0.478 e. The smallest absolute Gasteiger partial charge is 0.337 e. The first-order valence-corrected chi connectivity index (χ1v) is 6.02. The minimum atomic E-state index is -0.923. The van der Waals surface area contributed by atoms with E-state index in [0.29, 0.717) is 36.1 Å². The second-order valence-corrected chi connectivity index (χ2v) is 4.50. The number of methoxy groups -OCH3 is 1. The van der Waals surface area contributed by atoms with Crippen LogP contribution < -0.4 is 10.6 Å². The van der Waals surface area contributed by atoms with Crippen LogP contribution in [0.2, 0.25) is 0 Å². The second kappa shape index (κ2) is 5.27. The fourth-order valence-corrected chi connectivity index (χ4v) is 2.04. The number of rotatable bonds is 6. The average Bonchev–Trinajstić information content (AvgIpc) is 3.13. The lowest BCUT2D eigenvalue weighted by Crippen LogP contribution is -2.31. The first kappa shape index (κ1) is 12.7. The average molecular weight is 250 g/mol. The molecule has 0 saturated heterocycles. The third kappa shape index (κ3) is 2.73. The van der Waals surface area contributed by atoms with Crippen molar-refractivity contribution in [1.82, 2.24) is 0 Å². The van der Waals surface area contributed by atoms with Crippen molar-refractivity contribution in [1.29, 1.82) is 0 Å². The van der Waals surface area contributed by atoms with Crippen LogP contribution in [0.15, 0.2) is 18.2 Å². The van der Waals surface area contributed by atoms with E-state index in [1.54, 1.807) is 25.3 Å². The van der Waals surface area contributed by atoms with Gasteiger partial charge in [0.1, 0.15) is 0 Å². The molecule has 0 bridgehead atoms. The molecular formula is C13H18N2O3. The van der Waals surface area contributed by atoms with Gasteiger partial charge in [-0.3, -0.25) is 0 Å². The van der Waals surface area contributed by atoms with Gasteiger partial charge in [-0.1, -0.05) is 0 Å². The predicted octanol–water partition coefficient (Wildman–Crippen LogP) is 1.58. The lowest BCUT2D eigenvalue weighted by molar-refractivity contribution is 0.0697. The molecule has 0 amide bonds. The highest BCUT2D eigenvalue weighted by Crippen LogP contribution is 2.34. The predicted molar refractivity (Wildman–Crippen MR) is 70.1 cm³/mol. The molecule has 0 aromatic heterocycles. The maximum Gasteiger partial charge on any atom is 0.337 e. The van der Waals surface area contributed by atoms with Crippen LogP contribution in [-0.4, -0.2) is 37.4 Å². The highest BCUT2D eigenvalue weighted by Gasteiger charge is 2.31. The van der Waals surface area contributed by atoms with Crippen LogP contribution in [0.3, 0.4) is 0 Å². The van der Waals surface area contributed by atoms with Crippen LogP contribution in [0.25, 0.3) is 0 Å². The topological polar surface area (TPSA) is 75.8 Å². The number of anilines is 2. The Kier molecular flexibility index (Phi) is 3.72. The van der Waals surface area contributed by atoms with E-state index in [-0.39, 0.29) is 0 Å². The summed E-state index contributed by atoms with van der Waals surface area (Å²) < 4.78 is 5.08. The first-order valence-electron chi connectivity index (χ1n) is 6.02. The van der Waals surface area contributed by atoms with Gasteiger partial charge in [0, 0.05) is 25.4 Å². The molecule has 98 valence electrons. The first-order chi connectivity index (χ1) is 8.63. The minimum absolute atomic E-state index is 0.298. The molecule has 5 nitrogen and oxygen atoms in total. The Hall–Kier alpha value is -1.75. The molecule has 1 aliphatic carbocycles. The molecule has 0 spiro atoms. The van der Waals surface area contributed by atoms with Crippen molar-refractivity contribution in [2.75, 3.05) is 30.9 Å². The molecule has 2 rings (SSSR count). The van der Waals surface area contributed by atoms with E-state index in [1.165, 1.54) is 0 Å². The van der Waals surface area contributed by atoms with Crippen LogP contribution >= 0.6 is 0 Å². The van der Waals surface area contributed by atoms with Crippen molar-refractivity contribution < 1.29 is 14.6 Å². The number of benzene rings is 1. The number of nitrogen functional groups attached to an aromatic ring is 1. The van der Waals surface area contributed by atoms with Gasteiger partial charge in [0.25, 0.3) is 0 Å². The van der Waals surface area contributed by atoms with E-state index >= 15 is 0 Å². The highest BCUT2D eigenvalue weighted by atomic mass is 16.5. The van der Waals surface area contributed by atoms with Crippen molar-refractivity contribution in [2.45, 2.75) is 18.9 Å². The van der Waals surface area contributed by atoms with Crippen LogP contribution in [0, 0.1) is 0 Å². The standard InChI is InChI=1S/C13H18N2O3/c1-18-7-6-15(10-3-4-10)12-8-9(14)2-5-11(12)13(16)17/h2,5,8,10H,3-4,6-7,14H2,1H3,(H,16,17). The van der Waals surface area contributed by atoms with Gasteiger partial charge >= 0.3 is 5.97 Å². The Bertz CT molecular complexity index is 444. The molecule has 0 heterocycles. The van der Waals surface area contributed by atoms with Gasteiger partial charge in [0.2, 0.25) is 0 Å². The van der Waals surface area contributed by atoms with Gasteiger partial charge in [-0.2, -0.15) is 0 Å². The molecule has 0 atom stereocenters. The maximum atomic E-state index is 11.3. The maximum absolute atomic E-state index is 11.3. The Morgan fingerprint density at radius 3 is 2.83 bits per heavy atom. The van der Waals surface area contributed by atoms with E-state index in [1.807, 2.05) is 0 Å². The number of hydrogen-bond donors (Lipinski definition) is 2. The van der Waals surface area contributed by atoms with Crippen molar-refractivity contribution in [3.63, 3.8) is 0 Å². The van der Waals surface area contributed by atoms with Crippen LogP contribution in [0.5, 0.6) is 0 Å². The number of nitrogens with zero attached hydrogens (tertiary/aromatic N) is 1. The van der Waals surface area contributed by atoms with Gasteiger partial charge in [0.05, 0.1) is 17.9 Å². The van der Waals surface area contributed by atoms with E-state index in [0.717, 1.165) is 12.8 Å². The molecule has 1 aliphatic rings. The van der Waals surface area contributed by atoms with E-state index < -0.39 is 5.97 Å². The minimum Gasteiger partial charge on any atom is -0.478 e. The van der Waals surface area contributed by atoms with E-state index in [4.69, 9.17) is 10.5 Å². The normalized spacial score (nSPS) is 14.5. The number of nitrogens with two attached hydrogens (primary N) is 1. The Morgan fingerprint density at radius 2 is 2.28 bits per heavy atom. The number of carboxylic acids is 1. The van der Waals surface area contributed by atoms with Crippen molar-refractivity contribution in [3.05, 3.63) is 23.8 Å². The number of carboxylic acid groups (broad SMARTS) is 1. The summed E-state index contributed by atoms with van der Waals surface area (Å²) in [4.78, 5) is 13.3. The summed E-state index contributed by atoms with van der Waals surface area (Å²) in [7, 11) is 1.64. The molecule has 0 unspecified atom stereocenters. The Morgan fingerprint density at radius 1 is 1.56 bits per heavy atom. The van der Waals surface area contributed by atoms with Gasteiger partial charge in [-0.25, -0.2) is 4.79 Å². The quantitative estimate of drug-likeness (QED) is 0.750. The van der Waals surface area contributed by atoms with Crippen molar-refractivity contribution >= 4 is 17.3 Å². The van der Waals surface area contributed by atoms with Gasteiger partial charge in [0.15, 0.2) is 0 Å². The zero-order valence-electron chi connectivity index (χ0n) is 10.4. The number of hydrogen-bond acceptors (Lipinski definition) is 4. The molecule has 1 aromatic rings. The number of carbonyl (C=O) groups is 1. The van der Waals surface area contributed by atoms with Gasteiger partial charge in [-0.05, 0) is 31.0 Å². The molecule has 1 fully saturated rings. The Balaban J connectivity index is 2.32. The third-order valence-electron chi connectivity index (χ3n) is 3.09. The Labute approximate surface area is 106 Å². The SMILES string of the molecule is COCCN(c1cc(N)ccc1C(=O)O)C1CC1. The van der Waals surface area contributed by atoms with Crippen LogP contribution in [0.1, 0.15) is 23.2 Å². The summed E-state index contributed by atoms with van der Waals surface area (Å²) >= 11 is 0. The van der Waals surface area contributed by atoms with Gasteiger partial charge in [-0.15, -0.1) is 0 Å². The summed E-state index contributed by atoms with van der Waals surface area (Å²) in [6, 6.07) is 5.33. The number of aromatic carboxylic acids is 1. The zero-order chi connectivity index (χ0) is 13.1. The van der Waals surface area contributed by atoms with E-state index in [9.17, 15) is 9.90 Å². The highest BCUT2D eigenvalue weighted by molar-refractivity contribution is 5.95.